The molecule has 0 aliphatic heterocycles. The zero-order chi connectivity index (χ0) is 9.35. The lowest BCUT2D eigenvalue weighted by molar-refractivity contribution is 0.597. The minimum atomic E-state index is -3.55. The standard InChI is InChI=1S/C7H8INO2S/c1-5-2-3-6(4-7(5)8)12(9,10)11/h2-4H,1H3,(H2,9,10,11). The molecule has 66 valence electrons. The molecule has 0 bridgehead atoms. The maximum atomic E-state index is 10.9. The SMILES string of the molecule is Cc1ccc(S(N)(=O)=O)cc1I. The van der Waals surface area contributed by atoms with Crippen molar-refractivity contribution in [1.82, 2.24) is 0 Å². The van der Waals surface area contributed by atoms with Gasteiger partial charge in [-0.05, 0) is 47.2 Å². The molecule has 0 heterocycles. The minimum Gasteiger partial charge on any atom is -0.225 e. The summed E-state index contributed by atoms with van der Waals surface area (Å²) < 4.78 is 22.6. The molecule has 0 aromatic heterocycles. The zero-order valence-corrected chi connectivity index (χ0v) is 9.39. The third kappa shape index (κ3) is 2.18. The summed E-state index contributed by atoms with van der Waals surface area (Å²) in [6.45, 7) is 1.91. The van der Waals surface area contributed by atoms with Crippen LogP contribution in [0.5, 0.6) is 0 Å². The Morgan fingerprint density at radius 2 is 2.00 bits per heavy atom. The molecule has 5 heteroatoms. The molecule has 0 spiro atoms. The normalized spacial score (nSPS) is 11.6. The topological polar surface area (TPSA) is 60.2 Å². The first-order chi connectivity index (χ1) is 5.41. The van der Waals surface area contributed by atoms with E-state index in [-0.39, 0.29) is 4.90 Å². The third-order valence-corrected chi connectivity index (χ3v) is 3.55. The Labute approximate surface area is 85.2 Å². The second-order valence-electron chi connectivity index (χ2n) is 2.46. The van der Waals surface area contributed by atoms with Gasteiger partial charge in [0, 0.05) is 3.57 Å². The van der Waals surface area contributed by atoms with Crippen molar-refractivity contribution in [2.45, 2.75) is 11.8 Å². The van der Waals surface area contributed by atoms with Gasteiger partial charge in [-0.1, -0.05) is 6.07 Å². The molecule has 0 saturated carbocycles. The van der Waals surface area contributed by atoms with Gasteiger partial charge < -0.3 is 0 Å². The monoisotopic (exact) mass is 297 g/mol. The van der Waals surface area contributed by atoms with Gasteiger partial charge in [0.1, 0.15) is 0 Å². The highest BCUT2D eigenvalue weighted by Crippen LogP contribution is 2.15. The second-order valence-corrected chi connectivity index (χ2v) is 5.18. The molecule has 0 amide bonds. The van der Waals surface area contributed by atoms with Crippen LogP contribution in [0.4, 0.5) is 0 Å². The average molecular weight is 297 g/mol. The van der Waals surface area contributed by atoms with Gasteiger partial charge in [0.25, 0.3) is 0 Å². The smallest absolute Gasteiger partial charge is 0.225 e. The fourth-order valence-corrected chi connectivity index (χ4v) is 2.02. The Morgan fingerprint density at radius 1 is 1.42 bits per heavy atom. The van der Waals surface area contributed by atoms with Gasteiger partial charge in [-0.25, -0.2) is 13.6 Å². The van der Waals surface area contributed by atoms with Gasteiger partial charge in [-0.15, -0.1) is 0 Å². The van der Waals surface area contributed by atoms with Crippen LogP contribution in [-0.4, -0.2) is 8.42 Å². The highest BCUT2D eigenvalue weighted by Gasteiger charge is 2.07. The number of aryl methyl sites for hydroxylation is 1. The predicted octanol–water partition coefficient (Wildman–Crippen LogP) is 1.25. The van der Waals surface area contributed by atoms with Crippen LogP contribution in [0.15, 0.2) is 23.1 Å². The Morgan fingerprint density at radius 3 is 2.42 bits per heavy atom. The summed E-state index contributed by atoms with van der Waals surface area (Å²) in [4.78, 5) is 0.164. The van der Waals surface area contributed by atoms with E-state index in [0.29, 0.717) is 0 Å². The number of nitrogens with two attached hydrogens (primary N) is 1. The Bertz CT molecular complexity index is 400. The first-order valence-corrected chi connectivity index (χ1v) is 5.83. The van der Waals surface area contributed by atoms with Crippen LogP contribution in [0.2, 0.25) is 0 Å². The molecular formula is C7H8INO2S. The quantitative estimate of drug-likeness (QED) is 0.793. The minimum absolute atomic E-state index is 0.164. The Hall–Kier alpha value is -0.140. The number of hydrogen-bond acceptors (Lipinski definition) is 2. The van der Waals surface area contributed by atoms with Gasteiger partial charge >= 0.3 is 0 Å². The number of hydrogen-bond donors (Lipinski definition) is 1. The lowest BCUT2D eigenvalue weighted by Crippen LogP contribution is -2.12. The van der Waals surface area contributed by atoms with Crippen molar-refractivity contribution < 1.29 is 8.42 Å². The van der Waals surface area contributed by atoms with Crippen molar-refractivity contribution in [3.05, 3.63) is 27.3 Å². The van der Waals surface area contributed by atoms with Crippen LogP contribution in [0.1, 0.15) is 5.56 Å². The highest BCUT2D eigenvalue weighted by atomic mass is 127. The second kappa shape index (κ2) is 3.31. The summed E-state index contributed by atoms with van der Waals surface area (Å²) >= 11 is 2.07. The van der Waals surface area contributed by atoms with E-state index in [0.717, 1.165) is 9.13 Å². The number of rotatable bonds is 1. The fraction of sp³-hybridized carbons (Fsp3) is 0.143. The average Bonchev–Trinajstić information content (AvgIpc) is 1.92. The molecule has 0 atom stereocenters. The van der Waals surface area contributed by atoms with Crippen LogP contribution < -0.4 is 5.14 Å². The number of sulfonamides is 1. The molecule has 12 heavy (non-hydrogen) atoms. The number of primary sulfonamides is 1. The van der Waals surface area contributed by atoms with Gasteiger partial charge in [-0.2, -0.15) is 0 Å². The van der Waals surface area contributed by atoms with Crippen molar-refractivity contribution in [1.29, 1.82) is 0 Å². The van der Waals surface area contributed by atoms with Crippen LogP contribution in [0.25, 0.3) is 0 Å². The number of benzene rings is 1. The number of halogens is 1. The van der Waals surface area contributed by atoms with Crippen LogP contribution in [-0.2, 0) is 10.0 Å². The van der Waals surface area contributed by atoms with E-state index in [9.17, 15) is 8.42 Å². The van der Waals surface area contributed by atoms with E-state index in [2.05, 4.69) is 22.6 Å². The van der Waals surface area contributed by atoms with Gasteiger partial charge in [0.15, 0.2) is 0 Å². The molecule has 1 aromatic rings. The molecule has 1 aromatic carbocycles. The van der Waals surface area contributed by atoms with Gasteiger partial charge in [-0.3, -0.25) is 0 Å². The molecule has 0 radical (unpaired) electrons. The first-order valence-electron chi connectivity index (χ1n) is 3.20. The Balaban J connectivity index is 3.33. The summed E-state index contributed by atoms with van der Waals surface area (Å²) in [5, 5.41) is 4.94. The molecule has 1 rings (SSSR count). The van der Waals surface area contributed by atoms with Crippen molar-refractivity contribution >= 4 is 32.6 Å². The summed E-state index contributed by atoms with van der Waals surface area (Å²) in [7, 11) is -3.55. The highest BCUT2D eigenvalue weighted by molar-refractivity contribution is 14.1. The predicted molar refractivity (Wildman–Crippen MR) is 55.3 cm³/mol. The molecule has 0 saturated heterocycles. The molecule has 0 unspecified atom stereocenters. The largest absolute Gasteiger partial charge is 0.238 e. The zero-order valence-electron chi connectivity index (χ0n) is 6.41. The summed E-state index contributed by atoms with van der Waals surface area (Å²) in [5.41, 5.74) is 1.04. The van der Waals surface area contributed by atoms with E-state index in [1.165, 1.54) is 6.07 Å². The summed E-state index contributed by atoms with van der Waals surface area (Å²) in [5.74, 6) is 0. The van der Waals surface area contributed by atoms with E-state index >= 15 is 0 Å². The van der Waals surface area contributed by atoms with E-state index in [1.54, 1.807) is 12.1 Å². The van der Waals surface area contributed by atoms with Gasteiger partial charge in [0.05, 0.1) is 4.90 Å². The lowest BCUT2D eigenvalue weighted by atomic mass is 10.2. The summed E-state index contributed by atoms with van der Waals surface area (Å²) in [6, 6.07) is 4.81. The third-order valence-electron chi connectivity index (χ3n) is 1.47. The molecule has 0 aliphatic rings. The van der Waals surface area contributed by atoms with Crippen LogP contribution in [0.3, 0.4) is 0 Å². The summed E-state index contributed by atoms with van der Waals surface area (Å²) in [6.07, 6.45) is 0. The maximum absolute atomic E-state index is 10.9. The van der Waals surface area contributed by atoms with E-state index < -0.39 is 10.0 Å². The van der Waals surface area contributed by atoms with E-state index in [4.69, 9.17) is 5.14 Å². The molecular weight excluding hydrogens is 289 g/mol. The molecule has 0 aliphatic carbocycles. The van der Waals surface area contributed by atoms with Crippen LogP contribution >= 0.6 is 22.6 Å². The Kier molecular flexibility index (Phi) is 2.74. The fourth-order valence-electron chi connectivity index (χ4n) is 0.751. The molecule has 0 fully saturated rings. The van der Waals surface area contributed by atoms with Crippen molar-refractivity contribution in [3.63, 3.8) is 0 Å². The van der Waals surface area contributed by atoms with Crippen molar-refractivity contribution in [3.8, 4) is 0 Å². The first kappa shape index (κ1) is 9.94. The molecule has 3 nitrogen and oxygen atoms in total. The van der Waals surface area contributed by atoms with Crippen LogP contribution in [0, 0.1) is 10.5 Å². The van der Waals surface area contributed by atoms with Gasteiger partial charge in [0.2, 0.25) is 10.0 Å². The van der Waals surface area contributed by atoms with E-state index in [1.807, 2.05) is 6.92 Å². The maximum Gasteiger partial charge on any atom is 0.238 e. The lowest BCUT2D eigenvalue weighted by Gasteiger charge is -2.00. The van der Waals surface area contributed by atoms with Crippen molar-refractivity contribution in [2.75, 3.05) is 0 Å². The van der Waals surface area contributed by atoms with Crippen molar-refractivity contribution in [2.24, 2.45) is 5.14 Å². The molecule has 2 N–H and O–H groups in total.